The molecule has 1 aromatic carbocycles. The first-order valence-electron chi connectivity index (χ1n) is 6.85. The smallest absolute Gasteiger partial charge is 0.335 e. The lowest BCUT2D eigenvalue weighted by molar-refractivity contribution is -0.127. The number of ether oxygens (including phenoxy) is 1. The van der Waals surface area contributed by atoms with Gasteiger partial charge in [0.15, 0.2) is 6.10 Å². The van der Waals surface area contributed by atoms with Gasteiger partial charge in [0.1, 0.15) is 5.75 Å². The van der Waals surface area contributed by atoms with Crippen LogP contribution in [0.15, 0.2) is 22.7 Å². The number of rotatable bonds is 7. The molecular formula is C15H20BrNO4. The Morgan fingerprint density at radius 3 is 2.62 bits per heavy atom. The highest BCUT2D eigenvalue weighted by atomic mass is 79.9. The van der Waals surface area contributed by atoms with Gasteiger partial charge in [0.05, 0.1) is 10.0 Å². The van der Waals surface area contributed by atoms with E-state index >= 15 is 0 Å². The van der Waals surface area contributed by atoms with Crippen LogP contribution in [0.4, 0.5) is 0 Å². The molecule has 2 atom stereocenters. The van der Waals surface area contributed by atoms with Gasteiger partial charge in [-0.05, 0) is 54.4 Å². The largest absolute Gasteiger partial charge is 0.480 e. The van der Waals surface area contributed by atoms with Crippen molar-refractivity contribution in [3.05, 3.63) is 28.2 Å². The molecule has 0 heterocycles. The zero-order valence-corrected chi connectivity index (χ0v) is 13.9. The normalized spacial score (nSPS) is 13.3. The molecule has 0 radical (unpaired) electrons. The minimum Gasteiger partial charge on any atom is -0.480 e. The first-order valence-corrected chi connectivity index (χ1v) is 7.64. The van der Waals surface area contributed by atoms with Crippen LogP contribution < -0.4 is 10.1 Å². The molecule has 21 heavy (non-hydrogen) atoms. The molecule has 2 N–H and O–H groups in total. The molecule has 0 saturated carbocycles. The topological polar surface area (TPSA) is 75.6 Å². The summed E-state index contributed by atoms with van der Waals surface area (Å²) in [6, 6.07) is 4.53. The highest BCUT2D eigenvalue weighted by molar-refractivity contribution is 9.10. The van der Waals surface area contributed by atoms with E-state index in [1.807, 2.05) is 6.92 Å². The summed E-state index contributed by atoms with van der Waals surface area (Å²) >= 11 is 3.28. The summed E-state index contributed by atoms with van der Waals surface area (Å²) in [5.41, 5.74) is 0.111. The van der Waals surface area contributed by atoms with Crippen molar-refractivity contribution < 1.29 is 19.4 Å². The molecule has 2 unspecified atom stereocenters. The van der Waals surface area contributed by atoms with Crippen LogP contribution in [0.25, 0.3) is 0 Å². The molecule has 0 fully saturated rings. The second kappa shape index (κ2) is 8.02. The predicted molar refractivity (Wildman–Crippen MR) is 83.7 cm³/mol. The third kappa shape index (κ3) is 5.38. The lowest BCUT2D eigenvalue weighted by atomic mass is 10.2. The summed E-state index contributed by atoms with van der Waals surface area (Å²) in [4.78, 5) is 22.9. The molecule has 0 aromatic heterocycles. The number of hydrogen-bond acceptors (Lipinski definition) is 3. The Hall–Kier alpha value is -1.56. The molecule has 0 spiro atoms. The average molecular weight is 358 g/mol. The molecule has 6 heteroatoms. The highest BCUT2D eigenvalue weighted by Gasteiger charge is 2.18. The maximum Gasteiger partial charge on any atom is 0.335 e. The van der Waals surface area contributed by atoms with E-state index in [0.29, 0.717) is 10.2 Å². The number of nitrogens with one attached hydrogen (secondary N) is 1. The quantitative estimate of drug-likeness (QED) is 0.785. The summed E-state index contributed by atoms with van der Waals surface area (Å²) in [7, 11) is 0. The van der Waals surface area contributed by atoms with E-state index in [9.17, 15) is 9.59 Å². The Bertz CT molecular complexity index is 518. The molecule has 0 saturated heterocycles. The van der Waals surface area contributed by atoms with Gasteiger partial charge in [-0.15, -0.1) is 0 Å². The number of aromatic carboxylic acids is 1. The summed E-state index contributed by atoms with van der Waals surface area (Å²) in [5, 5.41) is 11.8. The zero-order valence-electron chi connectivity index (χ0n) is 12.4. The first-order chi connectivity index (χ1) is 9.85. The van der Waals surface area contributed by atoms with Crippen LogP contribution in [-0.2, 0) is 4.79 Å². The van der Waals surface area contributed by atoms with Crippen LogP contribution in [0.1, 0.15) is 44.0 Å². The van der Waals surface area contributed by atoms with Gasteiger partial charge in [-0.3, -0.25) is 4.79 Å². The SMILES string of the molecule is CCCC(C)NC(=O)C(C)Oc1cc(C(=O)O)ccc1Br. The number of benzene rings is 1. The van der Waals surface area contributed by atoms with Gasteiger partial charge in [-0.25, -0.2) is 4.79 Å². The first kappa shape index (κ1) is 17.5. The number of carbonyl (C=O) groups excluding carboxylic acids is 1. The van der Waals surface area contributed by atoms with E-state index in [1.54, 1.807) is 13.0 Å². The number of hydrogen-bond donors (Lipinski definition) is 2. The second-order valence-electron chi connectivity index (χ2n) is 4.91. The fraction of sp³-hybridized carbons (Fsp3) is 0.467. The number of carboxylic acid groups (broad SMARTS) is 1. The van der Waals surface area contributed by atoms with E-state index in [-0.39, 0.29) is 17.5 Å². The second-order valence-corrected chi connectivity index (χ2v) is 5.76. The van der Waals surface area contributed by atoms with Crippen LogP contribution in [0.3, 0.4) is 0 Å². The Kier molecular flexibility index (Phi) is 6.68. The molecule has 116 valence electrons. The third-order valence-corrected chi connectivity index (χ3v) is 3.62. The summed E-state index contributed by atoms with van der Waals surface area (Å²) in [5.74, 6) is -0.926. The van der Waals surface area contributed by atoms with Gasteiger partial charge in [0.25, 0.3) is 5.91 Å². The van der Waals surface area contributed by atoms with E-state index in [2.05, 4.69) is 28.2 Å². The van der Waals surface area contributed by atoms with Crippen molar-refractivity contribution in [1.82, 2.24) is 5.32 Å². The number of carboxylic acids is 1. The summed E-state index contributed by atoms with van der Waals surface area (Å²) in [6.07, 6.45) is 1.18. The monoisotopic (exact) mass is 357 g/mol. The van der Waals surface area contributed by atoms with Crippen LogP contribution in [0, 0.1) is 0 Å². The number of halogens is 1. The fourth-order valence-corrected chi connectivity index (χ4v) is 2.18. The van der Waals surface area contributed by atoms with Crippen molar-refractivity contribution in [3.8, 4) is 5.75 Å². The molecule has 0 aliphatic rings. The predicted octanol–water partition coefficient (Wildman–Crippen LogP) is 3.22. The fourth-order valence-electron chi connectivity index (χ4n) is 1.84. The Morgan fingerprint density at radius 2 is 2.05 bits per heavy atom. The highest BCUT2D eigenvalue weighted by Crippen LogP contribution is 2.27. The van der Waals surface area contributed by atoms with E-state index in [1.165, 1.54) is 12.1 Å². The van der Waals surface area contributed by atoms with E-state index < -0.39 is 12.1 Å². The average Bonchev–Trinajstić information content (AvgIpc) is 2.40. The van der Waals surface area contributed by atoms with Gasteiger partial charge < -0.3 is 15.2 Å². The van der Waals surface area contributed by atoms with Crippen LogP contribution >= 0.6 is 15.9 Å². The Labute approximate surface area is 132 Å². The van der Waals surface area contributed by atoms with E-state index in [4.69, 9.17) is 9.84 Å². The lowest BCUT2D eigenvalue weighted by Crippen LogP contribution is -2.41. The number of amides is 1. The van der Waals surface area contributed by atoms with Gasteiger partial charge in [0, 0.05) is 6.04 Å². The Balaban J connectivity index is 2.73. The molecule has 1 amide bonds. The standard InChI is InChI=1S/C15H20BrNO4/c1-4-5-9(2)17-14(18)10(3)21-13-8-11(15(19)20)6-7-12(13)16/h6-10H,4-5H2,1-3H3,(H,17,18)(H,19,20). The molecule has 1 rings (SSSR count). The Morgan fingerprint density at radius 1 is 1.38 bits per heavy atom. The van der Waals surface area contributed by atoms with Gasteiger partial charge in [-0.2, -0.15) is 0 Å². The minimum atomic E-state index is -1.04. The molecule has 0 bridgehead atoms. The molecule has 0 aliphatic heterocycles. The van der Waals surface area contributed by atoms with E-state index in [0.717, 1.165) is 12.8 Å². The summed E-state index contributed by atoms with van der Waals surface area (Å²) < 4.78 is 6.16. The maximum absolute atomic E-state index is 12.0. The van der Waals surface area contributed by atoms with Crippen molar-refractivity contribution in [3.63, 3.8) is 0 Å². The van der Waals surface area contributed by atoms with Crippen molar-refractivity contribution in [2.45, 2.75) is 45.8 Å². The summed E-state index contributed by atoms with van der Waals surface area (Å²) in [6.45, 7) is 5.63. The van der Waals surface area contributed by atoms with Gasteiger partial charge in [-0.1, -0.05) is 13.3 Å². The molecular weight excluding hydrogens is 338 g/mol. The third-order valence-electron chi connectivity index (χ3n) is 2.96. The lowest BCUT2D eigenvalue weighted by Gasteiger charge is -2.19. The maximum atomic E-state index is 12.0. The van der Waals surface area contributed by atoms with Gasteiger partial charge in [0.2, 0.25) is 0 Å². The van der Waals surface area contributed by atoms with Gasteiger partial charge >= 0.3 is 5.97 Å². The van der Waals surface area contributed by atoms with Crippen LogP contribution in [-0.4, -0.2) is 29.1 Å². The minimum absolute atomic E-state index is 0.0855. The van der Waals surface area contributed by atoms with Crippen LogP contribution in [0.5, 0.6) is 5.75 Å². The van der Waals surface area contributed by atoms with Crippen molar-refractivity contribution >= 4 is 27.8 Å². The molecule has 0 aliphatic carbocycles. The molecule has 5 nitrogen and oxygen atoms in total. The van der Waals surface area contributed by atoms with Crippen molar-refractivity contribution in [2.75, 3.05) is 0 Å². The number of carbonyl (C=O) groups is 2. The molecule has 1 aromatic rings. The van der Waals surface area contributed by atoms with Crippen molar-refractivity contribution in [2.24, 2.45) is 0 Å². The van der Waals surface area contributed by atoms with Crippen LogP contribution in [0.2, 0.25) is 0 Å². The van der Waals surface area contributed by atoms with Crippen molar-refractivity contribution in [1.29, 1.82) is 0 Å². The zero-order chi connectivity index (χ0) is 16.0.